The Bertz CT molecular complexity index is 762. The van der Waals surface area contributed by atoms with Crippen molar-refractivity contribution in [3.63, 3.8) is 0 Å². The Balaban J connectivity index is 2.17. The van der Waals surface area contributed by atoms with Gasteiger partial charge in [-0.3, -0.25) is 0 Å². The van der Waals surface area contributed by atoms with Crippen LogP contribution in [0, 0.1) is 0 Å². The summed E-state index contributed by atoms with van der Waals surface area (Å²) in [7, 11) is -2.22. The SMILES string of the molecule is C[C@@H](N[S@@](=O)C(C)(C)C)c1cccc2cnn(COCC[Si](C)(C)C)c12. The smallest absolute Gasteiger partial charge is 0.140 e. The van der Waals surface area contributed by atoms with Gasteiger partial charge in [-0.15, -0.1) is 0 Å². The van der Waals surface area contributed by atoms with E-state index >= 15 is 0 Å². The molecule has 0 fully saturated rings. The quantitative estimate of drug-likeness (QED) is 0.530. The number of para-hydroxylation sites is 1. The number of rotatable bonds is 8. The summed E-state index contributed by atoms with van der Waals surface area (Å²) in [6.45, 7) is 16.2. The van der Waals surface area contributed by atoms with Gasteiger partial charge in [0.15, 0.2) is 0 Å². The molecule has 0 spiro atoms. The molecule has 2 rings (SSSR count). The summed E-state index contributed by atoms with van der Waals surface area (Å²) >= 11 is 0. The van der Waals surface area contributed by atoms with E-state index in [0.717, 1.165) is 29.1 Å². The molecule has 0 saturated carbocycles. The summed E-state index contributed by atoms with van der Waals surface area (Å²) in [5, 5.41) is 5.58. The van der Waals surface area contributed by atoms with Gasteiger partial charge in [-0.25, -0.2) is 13.6 Å². The molecule has 5 nitrogen and oxygen atoms in total. The predicted molar refractivity (Wildman–Crippen MR) is 113 cm³/mol. The van der Waals surface area contributed by atoms with E-state index in [1.54, 1.807) is 0 Å². The van der Waals surface area contributed by atoms with Gasteiger partial charge in [-0.05, 0) is 39.3 Å². The van der Waals surface area contributed by atoms with Crippen LogP contribution >= 0.6 is 0 Å². The molecule has 146 valence electrons. The van der Waals surface area contributed by atoms with Crippen molar-refractivity contribution in [2.24, 2.45) is 0 Å². The second-order valence-corrected chi connectivity index (χ2v) is 16.6. The van der Waals surface area contributed by atoms with Crippen molar-refractivity contribution in [2.45, 2.75) is 70.9 Å². The molecule has 2 atom stereocenters. The molecule has 1 aromatic carbocycles. The number of benzene rings is 1. The van der Waals surface area contributed by atoms with Crippen LogP contribution in [0.15, 0.2) is 24.4 Å². The number of hydrogen-bond donors (Lipinski definition) is 1. The van der Waals surface area contributed by atoms with E-state index in [2.05, 4.69) is 41.6 Å². The highest BCUT2D eigenvalue weighted by Crippen LogP contribution is 2.25. The first-order valence-electron chi connectivity index (χ1n) is 9.19. The molecule has 0 aliphatic rings. The highest BCUT2D eigenvalue weighted by Gasteiger charge is 2.23. The first kappa shape index (κ1) is 21.3. The maximum atomic E-state index is 12.5. The molecule has 2 aromatic rings. The van der Waals surface area contributed by atoms with Gasteiger partial charge in [0.1, 0.15) is 6.73 Å². The van der Waals surface area contributed by atoms with Gasteiger partial charge >= 0.3 is 0 Å². The predicted octanol–water partition coefficient (Wildman–Crippen LogP) is 4.46. The molecule has 0 amide bonds. The van der Waals surface area contributed by atoms with Crippen molar-refractivity contribution in [1.82, 2.24) is 14.5 Å². The van der Waals surface area contributed by atoms with Gasteiger partial charge in [0.2, 0.25) is 0 Å². The highest BCUT2D eigenvalue weighted by molar-refractivity contribution is 7.84. The number of hydrogen-bond acceptors (Lipinski definition) is 3. The zero-order valence-corrected chi connectivity index (χ0v) is 18.9. The Morgan fingerprint density at radius 3 is 2.62 bits per heavy atom. The van der Waals surface area contributed by atoms with Gasteiger partial charge in [-0.1, -0.05) is 37.8 Å². The molecule has 0 radical (unpaired) electrons. The Kier molecular flexibility index (Phi) is 6.82. The zero-order valence-electron chi connectivity index (χ0n) is 17.1. The van der Waals surface area contributed by atoms with Crippen LogP contribution in [0.25, 0.3) is 10.9 Å². The molecule has 0 aliphatic carbocycles. The van der Waals surface area contributed by atoms with Crippen molar-refractivity contribution in [3.8, 4) is 0 Å². The number of ether oxygens (including phenoxy) is 1. The van der Waals surface area contributed by atoms with Crippen LogP contribution in [0.3, 0.4) is 0 Å². The van der Waals surface area contributed by atoms with Crippen LogP contribution in [0.4, 0.5) is 0 Å². The number of nitrogens with zero attached hydrogens (tertiary/aromatic N) is 2. The maximum absolute atomic E-state index is 12.5. The fraction of sp³-hybridized carbons (Fsp3) is 0.632. The van der Waals surface area contributed by atoms with Crippen molar-refractivity contribution < 1.29 is 8.95 Å². The van der Waals surface area contributed by atoms with Crippen LogP contribution in [0.2, 0.25) is 25.7 Å². The van der Waals surface area contributed by atoms with Crippen LogP contribution in [0.1, 0.15) is 39.3 Å². The van der Waals surface area contributed by atoms with E-state index in [9.17, 15) is 4.21 Å². The number of fused-ring (bicyclic) bond motifs is 1. The van der Waals surface area contributed by atoms with Crippen molar-refractivity contribution in [3.05, 3.63) is 30.0 Å². The Labute approximate surface area is 161 Å². The van der Waals surface area contributed by atoms with E-state index in [4.69, 9.17) is 4.74 Å². The van der Waals surface area contributed by atoms with Gasteiger partial charge in [0, 0.05) is 26.1 Å². The lowest BCUT2D eigenvalue weighted by molar-refractivity contribution is 0.0816. The van der Waals surface area contributed by atoms with Crippen LogP contribution in [0.5, 0.6) is 0 Å². The van der Waals surface area contributed by atoms with E-state index in [-0.39, 0.29) is 10.8 Å². The van der Waals surface area contributed by atoms with Gasteiger partial charge < -0.3 is 4.74 Å². The third-order valence-electron chi connectivity index (χ3n) is 4.21. The number of nitrogens with one attached hydrogen (secondary N) is 1. The Morgan fingerprint density at radius 2 is 2.00 bits per heavy atom. The summed E-state index contributed by atoms with van der Waals surface area (Å²) in [6, 6.07) is 7.24. The minimum atomic E-state index is -1.13. The molecule has 1 heterocycles. The fourth-order valence-corrected chi connectivity index (χ4v) is 4.11. The monoisotopic (exact) mass is 395 g/mol. The van der Waals surface area contributed by atoms with E-state index in [1.165, 1.54) is 0 Å². The summed E-state index contributed by atoms with van der Waals surface area (Å²) in [5.74, 6) is 0. The van der Waals surface area contributed by atoms with Crippen LogP contribution in [-0.2, 0) is 22.5 Å². The second kappa shape index (κ2) is 8.33. The third-order valence-corrected chi connectivity index (χ3v) is 7.59. The van der Waals surface area contributed by atoms with Crippen LogP contribution in [-0.4, -0.2) is 33.4 Å². The molecule has 7 heteroatoms. The molecular formula is C19H33N3O2SSi. The lowest BCUT2D eigenvalue weighted by Gasteiger charge is -2.23. The van der Waals surface area contributed by atoms with Crippen molar-refractivity contribution >= 4 is 30.0 Å². The Morgan fingerprint density at radius 1 is 1.31 bits per heavy atom. The topological polar surface area (TPSA) is 56.2 Å². The first-order valence-corrected chi connectivity index (χ1v) is 14.0. The summed E-state index contributed by atoms with van der Waals surface area (Å²) in [5.41, 5.74) is 2.14. The minimum Gasteiger partial charge on any atom is -0.360 e. The molecule has 0 saturated heterocycles. The van der Waals surface area contributed by atoms with Crippen molar-refractivity contribution in [1.29, 1.82) is 0 Å². The molecule has 0 unspecified atom stereocenters. The van der Waals surface area contributed by atoms with Crippen molar-refractivity contribution in [2.75, 3.05) is 6.61 Å². The average Bonchev–Trinajstić information content (AvgIpc) is 2.92. The van der Waals surface area contributed by atoms with E-state index < -0.39 is 19.1 Å². The minimum absolute atomic E-state index is 0.0452. The molecule has 26 heavy (non-hydrogen) atoms. The molecular weight excluding hydrogens is 362 g/mol. The normalized spacial score (nSPS) is 15.3. The van der Waals surface area contributed by atoms with Crippen LogP contribution < -0.4 is 4.72 Å². The lowest BCUT2D eigenvalue weighted by Crippen LogP contribution is -2.35. The van der Waals surface area contributed by atoms with E-state index in [1.807, 2.05) is 44.6 Å². The molecule has 1 N–H and O–H groups in total. The maximum Gasteiger partial charge on any atom is 0.140 e. The molecule has 1 aromatic heterocycles. The van der Waals surface area contributed by atoms with Gasteiger partial charge in [0.05, 0.1) is 27.4 Å². The fourth-order valence-electron chi connectivity index (χ4n) is 2.55. The lowest BCUT2D eigenvalue weighted by atomic mass is 10.1. The largest absolute Gasteiger partial charge is 0.360 e. The summed E-state index contributed by atoms with van der Waals surface area (Å²) in [6.07, 6.45) is 1.87. The standard InChI is InChI=1S/C19H33N3O2SSi/c1-15(21-25(23)19(2,3)4)17-10-8-9-16-13-20-22(18(16)17)14-24-11-12-26(5,6)7/h8-10,13,15,21H,11-12,14H2,1-7H3/t15-,25+/m1/s1. The van der Waals surface area contributed by atoms with E-state index in [0.29, 0.717) is 6.73 Å². The average molecular weight is 396 g/mol. The number of aromatic nitrogens is 2. The second-order valence-electron chi connectivity index (χ2n) is 9.00. The highest BCUT2D eigenvalue weighted by atomic mass is 32.2. The summed E-state index contributed by atoms with van der Waals surface area (Å²) in [4.78, 5) is 0. The third kappa shape index (κ3) is 5.74. The molecule has 0 bridgehead atoms. The summed E-state index contributed by atoms with van der Waals surface area (Å²) < 4.78 is 23.2. The molecule has 0 aliphatic heterocycles. The van der Waals surface area contributed by atoms with Gasteiger partial charge in [0.25, 0.3) is 0 Å². The first-order chi connectivity index (χ1) is 12.0. The zero-order chi connectivity index (χ0) is 19.5. The Hall–Kier alpha value is -1.02. The van der Waals surface area contributed by atoms with Gasteiger partial charge in [-0.2, -0.15) is 5.10 Å².